The number of ketones is 1. The monoisotopic (exact) mass is 346 g/mol. The van der Waals surface area contributed by atoms with Gasteiger partial charge in [0.05, 0.1) is 7.11 Å². The second-order valence-corrected chi connectivity index (χ2v) is 5.12. The number of hydrogen-bond acceptors (Lipinski definition) is 7. The molecule has 0 fully saturated rings. The van der Waals surface area contributed by atoms with Gasteiger partial charge >= 0.3 is 0 Å². The summed E-state index contributed by atoms with van der Waals surface area (Å²) in [4.78, 5) is 35.2. The number of ether oxygens (including phenoxy) is 2. The standard InChI is InChI=1S/C17H18N2O6/c1-10-8-14(21)16(11(2)20)17(25-10)19-18-15(22)9-24-13-6-4-12(23-3)5-7-13/h4-8,19H,9H2,1-3H3,(H,18,22). The third-order valence-electron chi connectivity index (χ3n) is 3.17. The van der Waals surface area contributed by atoms with Crippen LogP contribution in [-0.2, 0) is 4.79 Å². The molecule has 2 rings (SSSR count). The van der Waals surface area contributed by atoms with Crippen molar-refractivity contribution in [3.05, 3.63) is 51.9 Å². The highest BCUT2D eigenvalue weighted by atomic mass is 16.5. The van der Waals surface area contributed by atoms with Crippen molar-refractivity contribution in [1.29, 1.82) is 0 Å². The number of carbonyl (C=O) groups excluding carboxylic acids is 2. The number of methoxy groups -OCH3 is 1. The van der Waals surface area contributed by atoms with Crippen LogP contribution in [0, 0.1) is 6.92 Å². The molecule has 0 aliphatic heterocycles. The van der Waals surface area contributed by atoms with E-state index in [-0.39, 0.29) is 18.1 Å². The van der Waals surface area contributed by atoms with Crippen molar-refractivity contribution in [2.24, 2.45) is 0 Å². The Morgan fingerprint density at radius 1 is 1.16 bits per heavy atom. The van der Waals surface area contributed by atoms with E-state index in [0.717, 1.165) is 0 Å². The fourth-order valence-electron chi connectivity index (χ4n) is 2.01. The summed E-state index contributed by atoms with van der Waals surface area (Å²) in [6.07, 6.45) is 0. The number of benzene rings is 1. The van der Waals surface area contributed by atoms with E-state index in [9.17, 15) is 14.4 Å². The fourth-order valence-corrected chi connectivity index (χ4v) is 2.01. The van der Waals surface area contributed by atoms with Gasteiger partial charge in [-0.05, 0) is 38.1 Å². The van der Waals surface area contributed by atoms with E-state index in [0.29, 0.717) is 17.3 Å². The maximum atomic E-state index is 11.8. The molecule has 1 aromatic heterocycles. The average Bonchev–Trinajstić information content (AvgIpc) is 2.57. The molecule has 0 aliphatic carbocycles. The molecule has 2 N–H and O–H groups in total. The molecule has 8 nitrogen and oxygen atoms in total. The van der Waals surface area contributed by atoms with Crippen molar-refractivity contribution >= 4 is 17.6 Å². The zero-order valence-corrected chi connectivity index (χ0v) is 14.0. The van der Waals surface area contributed by atoms with Crippen molar-refractivity contribution in [1.82, 2.24) is 5.43 Å². The van der Waals surface area contributed by atoms with Gasteiger partial charge in [-0.2, -0.15) is 0 Å². The first-order chi connectivity index (χ1) is 11.9. The molecule has 8 heteroatoms. The van der Waals surface area contributed by atoms with Crippen LogP contribution < -0.4 is 25.8 Å². The van der Waals surface area contributed by atoms with Crippen molar-refractivity contribution in [3.63, 3.8) is 0 Å². The predicted octanol–water partition coefficient (Wildman–Crippen LogP) is 1.68. The second kappa shape index (κ2) is 8.00. The highest BCUT2D eigenvalue weighted by Crippen LogP contribution is 2.17. The lowest BCUT2D eigenvalue weighted by atomic mass is 10.2. The van der Waals surface area contributed by atoms with Crippen LogP contribution in [0.1, 0.15) is 23.0 Å². The summed E-state index contributed by atoms with van der Waals surface area (Å²) in [5, 5.41) is 0. The van der Waals surface area contributed by atoms with Crippen LogP contribution in [0.5, 0.6) is 11.5 Å². The predicted molar refractivity (Wildman–Crippen MR) is 90.0 cm³/mol. The number of amides is 1. The van der Waals surface area contributed by atoms with Gasteiger partial charge in [0.2, 0.25) is 5.88 Å². The maximum absolute atomic E-state index is 11.8. The summed E-state index contributed by atoms with van der Waals surface area (Å²) < 4.78 is 15.6. The number of anilines is 1. The molecule has 0 atom stereocenters. The summed E-state index contributed by atoms with van der Waals surface area (Å²) in [6.45, 7) is 2.53. The molecule has 0 saturated carbocycles. The van der Waals surface area contributed by atoms with Crippen LogP contribution in [0.3, 0.4) is 0 Å². The molecule has 1 heterocycles. The lowest BCUT2D eigenvalue weighted by molar-refractivity contribution is -0.122. The largest absolute Gasteiger partial charge is 0.497 e. The maximum Gasteiger partial charge on any atom is 0.276 e. The molecular formula is C17H18N2O6. The minimum Gasteiger partial charge on any atom is -0.497 e. The van der Waals surface area contributed by atoms with Gasteiger partial charge in [-0.25, -0.2) is 0 Å². The molecule has 0 radical (unpaired) electrons. The normalized spacial score (nSPS) is 10.0. The molecule has 0 saturated heterocycles. The van der Waals surface area contributed by atoms with E-state index in [2.05, 4.69) is 10.9 Å². The van der Waals surface area contributed by atoms with Gasteiger partial charge in [0, 0.05) is 6.07 Å². The topological polar surface area (TPSA) is 107 Å². The van der Waals surface area contributed by atoms with Crippen LogP contribution in [0.25, 0.3) is 0 Å². The Morgan fingerprint density at radius 2 is 1.80 bits per heavy atom. The fraction of sp³-hybridized carbons (Fsp3) is 0.235. The summed E-state index contributed by atoms with van der Waals surface area (Å²) in [7, 11) is 1.55. The zero-order chi connectivity index (χ0) is 18.4. The van der Waals surface area contributed by atoms with Crippen LogP contribution in [0.4, 0.5) is 5.88 Å². The molecule has 25 heavy (non-hydrogen) atoms. The van der Waals surface area contributed by atoms with Crippen molar-refractivity contribution in [3.8, 4) is 11.5 Å². The van der Waals surface area contributed by atoms with Crippen molar-refractivity contribution in [2.75, 3.05) is 19.1 Å². The number of hydrazine groups is 1. The lowest BCUT2D eigenvalue weighted by Crippen LogP contribution is -2.35. The number of carbonyl (C=O) groups is 2. The first-order valence-electron chi connectivity index (χ1n) is 7.38. The van der Waals surface area contributed by atoms with E-state index < -0.39 is 17.1 Å². The average molecular weight is 346 g/mol. The Hall–Kier alpha value is -3.29. The van der Waals surface area contributed by atoms with Crippen molar-refractivity contribution in [2.45, 2.75) is 13.8 Å². The van der Waals surface area contributed by atoms with E-state index in [4.69, 9.17) is 13.9 Å². The van der Waals surface area contributed by atoms with E-state index >= 15 is 0 Å². The molecule has 1 aromatic carbocycles. The number of rotatable bonds is 7. The number of Topliss-reactive ketones (excluding diaryl/α,β-unsaturated/α-hetero) is 1. The molecular weight excluding hydrogens is 328 g/mol. The van der Waals surface area contributed by atoms with Gasteiger partial charge in [0.25, 0.3) is 5.91 Å². The van der Waals surface area contributed by atoms with Crippen LogP contribution >= 0.6 is 0 Å². The van der Waals surface area contributed by atoms with Gasteiger partial charge in [-0.3, -0.25) is 25.2 Å². The minimum atomic E-state index is -0.519. The van der Waals surface area contributed by atoms with E-state index in [1.54, 1.807) is 38.3 Å². The van der Waals surface area contributed by atoms with Gasteiger partial charge in [0.1, 0.15) is 22.8 Å². The van der Waals surface area contributed by atoms with Gasteiger partial charge in [0.15, 0.2) is 17.8 Å². The molecule has 0 unspecified atom stereocenters. The quantitative estimate of drug-likeness (QED) is 0.580. The van der Waals surface area contributed by atoms with E-state index in [1.807, 2.05) is 0 Å². The van der Waals surface area contributed by atoms with Crippen LogP contribution in [0.15, 0.2) is 39.5 Å². The molecule has 132 valence electrons. The summed E-state index contributed by atoms with van der Waals surface area (Å²) in [6, 6.07) is 7.93. The second-order valence-electron chi connectivity index (χ2n) is 5.12. The van der Waals surface area contributed by atoms with Crippen LogP contribution in [0.2, 0.25) is 0 Å². The van der Waals surface area contributed by atoms with Crippen molar-refractivity contribution < 1.29 is 23.5 Å². The third kappa shape index (κ3) is 4.84. The SMILES string of the molecule is COc1ccc(OCC(=O)NNc2oc(C)cc(=O)c2C(C)=O)cc1. The highest BCUT2D eigenvalue weighted by molar-refractivity contribution is 5.98. The summed E-state index contributed by atoms with van der Waals surface area (Å²) in [5.41, 5.74) is 4.11. The Morgan fingerprint density at radius 3 is 2.40 bits per heavy atom. The molecule has 0 spiro atoms. The van der Waals surface area contributed by atoms with Gasteiger partial charge in [-0.1, -0.05) is 0 Å². The Labute approximate surface area is 143 Å². The molecule has 0 bridgehead atoms. The van der Waals surface area contributed by atoms with Gasteiger partial charge in [-0.15, -0.1) is 0 Å². The first-order valence-corrected chi connectivity index (χ1v) is 7.38. The van der Waals surface area contributed by atoms with E-state index in [1.165, 1.54) is 13.0 Å². The molecule has 0 aliphatic rings. The Balaban J connectivity index is 1.95. The third-order valence-corrected chi connectivity index (χ3v) is 3.17. The number of aryl methyl sites for hydroxylation is 1. The van der Waals surface area contributed by atoms with Gasteiger partial charge < -0.3 is 13.9 Å². The molecule has 1 amide bonds. The number of hydrogen-bond donors (Lipinski definition) is 2. The summed E-state index contributed by atoms with van der Waals surface area (Å²) >= 11 is 0. The lowest BCUT2D eigenvalue weighted by Gasteiger charge is -2.11. The zero-order valence-electron chi connectivity index (χ0n) is 14.0. The Bertz CT molecular complexity index is 826. The molecule has 2 aromatic rings. The highest BCUT2D eigenvalue weighted by Gasteiger charge is 2.16. The first kappa shape index (κ1) is 18.1. The van der Waals surface area contributed by atoms with Crippen LogP contribution in [-0.4, -0.2) is 25.4 Å². The summed E-state index contributed by atoms with van der Waals surface area (Å²) in [5.74, 6) is 0.359. The smallest absolute Gasteiger partial charge is 0.276 e. The Kier molecular flexibility index (Phi) is 5.78. The minimum absolute atomic E-state index is 0.115. The number of nitrogens with one attached hydrogen (secondary N) is 2.